The number of pyridine rings is 1. The van der Waals surface area contributed by atoms with Gasteiger partial charge in [0.25, 0.3) is 0 Å². The fourth-order valence-corrected chi connectivity index (χ4v) is 3.35. The second kappa shape index (κ2) is 5.80. The average Bonchev–Trinajstić information content (AvgIpc) is 2.87. The van der Waals surface area contributed by atoms with Crippen molar-refractivity contribution in [3.05, 3.63) is 35.0 Å². The van der Waals surface area contributed by atoms with Crippen LogP contribution in [0.4, 0.5) is 0 Å². The predicted molar refractivity (Wildman–Crippen MR) is 79.4 cm³/mol. The monoisotopic (exact) mass is 273 g/mol. The van der Waals surface area contributed by atoms with Crippen LogP contribution in [0.15, 0.2) is 24.5 Å². The zero-order chi connectivity index (χ0) is 13.1. The first-order chi connectivity index (χ1) is 9.31. The van der Waals surface area contributed by atoms with E-state index in [1.807, 2.05) is 12.4 Å². The Hall–Kier alpha value is -1.26. The van der Waals surface area contributed by atoms with Crippen molar-refractivity contribution in [3.8, 4) is 10.7 Å². The molecule has 1 atom stereocenters. The summed E-state index contributed by atoms with van der Waals surface area (Å²) in [4.78, 5) is 10.1. The number of thiazole rings is 1. The summed E-state index contributed by atoms with van der Waals surface area (Å²) in [6.45, 7) is 4.41. The number of aromatic nitrogens is 2. The van der Waals surface area contributed by atoms with Gasteiger partial charge in [0, 0.05) is 17.3 Å². The van der Waals surface area contributed by atoms with E-state index >= 15 is 0 Å². The molecule has 2 aromatic heterocycles. The molecular formula is C15H19N3S. The first-order valence-electron chi connectivity index (χ1n) is 6.90. The molecule has 0 aliphatic carbocycles. The molecule has 1 aliphatic heterocycles. The lowest BCUT2D eigenvalue weighted by Crippen LogP contribution is -2.30. The number of aryl methyl sites for hydroxylation is 1. The zero-order valence-electron chi connectivity index (χ0n) is 11.2. The Bertz CT molecular complexity index is 544. The van der Waals surface area contributed by atoms with Gasteiger partial charge in [0.15, 0.2) is 0 Å². The van der Waals surface area contributed by atoms with Crippen molar-refractivity contribution in [2.24, 2.45) is 5.92 Å². The van der Waals surface area contributed by atoms with E-state index < -0.39 is 0 Å². The van der Waals surface area contributed by atoms with Gasteiger partial charge in [-0.25, -0.2) is 4.98 Å². The van der Waals surface area contributed by atoms with E-state index in [4.69, 9.17) is 0 Å². The van der Waals surface area contributed by atoms with Crippen LogP contribution >= 0.6 is 11.3 Å². The Labute approximate surface area is 118 Å². The second-order valence-electron chi connectivity index (χ2n) is 5.24. The number of nitrogens with one attached hydrogen (secondary N) is 1. The molecule has 100 valence electrons. The van der Waals surface area contributed by atoms with E-state index in [9.17, 15) is 0 Å². The maximum absolute atomic E-state index is 4.45. The van der Waals surface area contributed by atoms with Crippen molar-refractivity contribution < 1.29 is 0 Å². The van der Waals surface area contributed by atoms with Gasteiger partial charge < -0.3 is 5.32 Å². The van der Waals surface area contributed by atoms with Gasteiger partial charge in [-0.15, -0.1) is 11.3 Å². The first kappa shape index (κ1) is 12.8. The molecule has 0 aromatic carbocycles. The van der Waals surface area contributed by atoms with E-state index in [0.29, 0.717) is 0 Å². The van der Waals surface area contributed by atoms with Gasteiger partial charge in [0.2, 0.25) is 0 Å². The largest absolute Gasteiger partial charge is 0.316 e. The molecule has 1 unspecified atom stereocenters. The maximum Gasteiger partial charge on any atom is 0.142 e. The highest BCUT2D eigenvalue weighted by atomic mass is 32.1. The van der Waals surface area contributed by atoms with Gasteiger partial charge >= 0.3 is 0 Å². The predicted octanol–water partition coefficient (Wildman–Crippen LogP) is 3.06. The molecule has 0 radical (unpaired) electrons. The third-order valence-electron chi connectivity index (χ3n) is 3.59. The van der Waals surface area contributed by atoms with Gasteiger partial charge in [0.05, 0.1) is 5.69 Å². The van der Waals surface area contributed by atoms with Gasteiger partial charge in [0.1, 0.15) is 5.01 Å². The summed E-state index contributed by atoms with van der Waals surface area (Å²) in [5, 5.41) is 4.51. The Morgan fingerprint density at radius 3 is 3.11 bits per heavy atom. The molecule has 3 nitrogen and oxygen atoms in total. The van der Waals surface area contributed by atoms with Crippen LogP contribution in [0, 0.1) is 12.8 Å². The van der Waals surface area contributed by atoms with Crippen molar-refractivity contribution in [2.45, 2.75) is 26.2 Å². The molecule has 4 heteroatoms. The van der Waals surface area contributed by atoms with Crippen molar-refractivity contribution in [1.82, 2.24) is 15.3 Å². The molecule has 19 heavy (non-hydrogen) atoms. The fourth-order valence-electron chi connectivity index (χ4n) is 2.62. The van der Waals surface area contributed by atoms with E-state index in [-0.39, 0.29) is 0 Å². The molecule has 3 heterocycles. The number of hydrogen-bond acceptors (Lipinski definition) is 4. The number of nitrogens with zero attached hydrogens (tertiary/aromatic N) is 2. The summed E-state index contributed by atoms with van der Waals surface area (Å²) in [5.74, 6) is 0.766. The normalized spacial score (nSPS) is 19.5. The van der Waals surface area contributed by atoms with Crippen LogP contribution in [0.5, 0.6) is 0 Å². The molecule has 0 amide bonds. The van der Waals surface area contributed by atoms with E-state index in [0.717, 1.165) is 29.6 Å². The van der Waals surface area contributed by atoms with Crippen LogP contribution in [0.3, 0.4) is 0 Å². The summed E-state index contributed by atoms with van der Waals surface area (Å²) in [7, 11) is 0. The average molecular weight is 273 g/mol. The van der Waals surface area contributed by atoms with Gasteiger partial charge in [-0.2, -0.15) is 0 Å². The molecule has 1 N–H and O–H groups in total. The van der Waals surface area contributed by atoms with Crippen LogP contribution in [-0.2, 0) is 6.42 Å². The topological polar surface area (TPSA) is 37.8 Å². The van der Waals surface area contributed by atoms with Gasteiger partial charge in [-0.05, 0) is 62.9 Å². The van der Waals surface area contributed by atoms with Crippen molar-refractivity contribution >= 4 is 11.3 Å². The van der Waals surface area contributed by atoms with E-state index in [1.54, 1.807) is 11.3 Å². The fraction of sp³-hybridized carbons (Fsp3) is 0.467. The van der Waals surface area contributed by atoms with E-state index in [1.165, 1.54) is 29.8 Å². The van der Waals surface area contributed by atoms with E-state index in [2.05, 4.69) is 34.3 Å². The summed E-state index contributed by atoms with van der Waals surface area (Å²) in [6, 6.07) is 4.34. The Balaban J connectivity index is 1.75. The van der Waals surface area contributed by atoms with Crippen LogP contribution < -0.4 is 5.32 Å². The lowest BCUT2D eigenvalue weighted by atomic mass is 9.92. The number of hydrogen-bond donors (Lipinski definition) is 1. The number of piperidine rings is 1. The van der Waals surface area contributed by atoms with Crippen LogP contribution in [0.2, 0.25) is 0 Å². The Kier molecular flexibility index (Phi) is 3.89. The summed E-state index contributed by atoms with van der Waals surface area (Å²) in [5.41, 5.74) is 2.39. The zero-order valence-corrected chi connectivity index (χ0v) is 12.0. The minimum absolute atomic E-state index is 0.766. The molecule has 0 spiro atoms. The molecule has 1 aliphatic rings. The molecule has 1 saturated heterocycles. The Morgan fingerprint density at radius 1 is 1.42 bits per heavy atom. The highest BCUT2D eigenvalue weighted by molar-refractivity contribution is 7.14. The third-order valence-corrected chi connectivity index (χ3v) is 4.52. The quantitative estimate of drug-likeness (QED) is 0.934. The lowest BCUT2D eigenvalue weighted by molar-refractivity contribution is 0.376. The van der Waals surface area contributed by atoms with Crippen LogP contribution in [-0.4, -0.2) is 23.1 Å². The lowest BCUT2D eigenvalue weighted by Gasteiger charge is -2.22. The van der Waals surface area contributed by atoms with Crippen molar-refractivity contribution in [2.75, 3.05) is 13.1 Å². The summed E-state index contributed by atoms with van der Waals surface area (Å²) < 4.78 is 0. The molecule has 3 rings (SSSR count). The van der Waals surface area contributed by atoms with Gasteiger partial charge in [-0.3, -0.25) is 4.98 Å². The van der Waals surface area contributed by atoms with Crippen molar-refractivity contribution in [3.63, 3.8) is 0 Å². The standard InChI is InChI=1S/C15H19N3S/c1-11-9-18-15(19-11)14-8-12(4-6-17-14)7-13-3-2-5-16-10-13/h4,6,8-9,13,16H,2-3,5,7,10H2,1H3. The van der Waals surface area contributed by atoms with Gasteiger partial charge in [-0.1, -0.05) is 0 Å². The maximum atomic E-state index is 4.45. The first-order valence-corrected chi connectivity index (χ1v) is 7.71. The minimum atomic E-state index is 0.766. The Morgan fingerprint density at radius 2 is 2.37 bits per heavy atom. The summed E-state index contributed by atoms with van der Waals surface area (Å²) >= 11 is 1.71. The number of rotatable bonds is 3. The van der Waals surface area contributed by atoms with Crippen LogP contribution in [0.25, 0.3) is 10.7 Å². The molecule has 2 aromatic rings. The SMILES string of the molecule is Cc1cnc(-c2cc(CC3CCCNC3)ccn2)s1. The molecule has 1 fully saturated rings. The summed E-state index contributed by atoms with van der Waals surface area (Å²) in [6.07, 6.45) is 7.61. The molecule has 0 bridgehead atoms. The second-order valence-corrected chi connectivity index (χ2v) is 6.48. The van der Waals surface area contributed by atoms with Crippen LogP contribution in [0.1, 0.15) is 23.3 Å². The smallest absolute Gasteiger partial charge is 0.142 e. The minimum Gasteiger partial charge on any atom is -0.316 e. The molecular weight excluding hydrogens is 254 g/mol. The molecule has 0 saturated carbocycles. The highest BCUT2D eigenvalue weighted by Crippen LogP contribution is 2.24. The third kappa shape index (κ3) is 3.19. The van der Waals surface area contributed by atoms with Crippen molar-refractivity contribution in [1.29, 1.82) is 0 Å². The highest BCUT2D eigenvalue weighted by Gasteiger charge is 2.14.